The minimum absolute atomic E-state index is 0.0785. The Morgan fingerprint density at radius 3 is 2.53 bits per heavy atom. The second kappa shape index (κ2) is 8.80. The van der Waals surface area contributed by atoms with Gasteiger partial charge in [-0.2, -0.15) is 0 Å². The van der Waals surface area contributed by atoms with Crippen molar-refractivity contribution in [1.82, 2.24) is 9.80 Å². The Morgan fingerprint density at radius 1 is 1.03 bits per heavy atom. The lowest BCUT2D eigenvalue weighted by atomic mass is 9.45. The van der Waals surface area contributed by atoms with Gasteiger partial charge in [-0.15, -0.1) is 0 Å². The Hall–Kier alpha value is -1.07. The smallest absolute Gasteiger partial charge is 0.302 e. The van der Waals surface area contributed by atoms with Crippen LogP contribution < -0.4 is 0 Å². The first-order valence-corrected chi connectivity index (χ1v) is 14.3. The summed E-state index contributed by atoms with van der Waals surface area (Å²) in [5, 5.41) is 0. The normalized spacial score (nSPS) is 46.9. The predicted octanol–water partition coefficient (Wildman–Crippen LogP) is 4.86. The third-order valence-electron chi connectivity index (χ3n) is 11.5. The summed E-state index contributed by atoms with van der Waals surface area (Å²) in [6.07, 6.45) is 14.3. The molecule has 8 atom stereocenters. The molecule has 5 fully saturated rings. The molecule has 0 aromatic rings. The average Bonchev–Trinajstić information content (AvgIpc) is 3.45. The number of esters is 1. The summed E-state index contributed by atoms with van der Waals surface area (Å²) >= 11 is 0. The first-order chi connectivity index (χ1) is 16.4. The molecule has 0 amide bonds. The summed E-state index contributed by atoms with van der Waals surface area (Å²) < 4.78 is 11.9. The molecule has 0 radical (unpaired) electrons. The Balaban J connectivity index is 1.27. The molecular weight excluding hydrogens is 424 g/mol. The lowest BCUT2D eigenvalue weighted by Crippen LogP contribution is -2.55. The van der Waals surface area contributed by atoms with Gasteiger partial charge in [-0.3, -0.25) is 9.69 Å². The fourth-order valence-corrected chi connectivity index (χ4v) is 9.80. The van der Waals surface area contributed by atoms with Gasteiger partial charge in [-0.25, -0.2) is 0 Å². The van der Waals surface area contributed by atoms with Gasteiger partial charge >= 0.3 is 5.97 Å². The quantitative estimate of drug-likeness (QED) is 0.551. The zero-order chi connectivity index (χ0) is 23.5. The lowest BCUT2D eigenvalue weighted by molar-refractivity contribution is -0.163. The van der Waals surface area contributed by atoms with E-state index in [1.807, 2.05) is 0 Å². The molecule has 3 unspecified atom stereocenters. The fraction of sp³-hybridized carbons (Fsp3) is 0.897. The Labute approximate surface area is 206 Å². The van der Waals surface area contributed by atoms with Gasteiger partial charge in [0.25, 0.3) is 0 Å². The molecule has 190 valence electrons. The lowest BCUT2D eigenvalue weighted by Gasteiger charge is -2.60. The molecule has 0 bridgehead atoms. The zero-order valence-electron chi connectivity index (χ0n) is 21.8. The third-order valence-corrected chi connectivity index (χ3v) is 11.5. The van der Waals surface area contributed by atoms with Gasteiger partial charge in [0.05, 0.1) is 13.2 Å². The molecule has 5 heteroatoms. The molecule has 0 spiro atoms. The van der Waals surface area contributed by atoms with Crippen LogP contribution >= 0.6 is 0 Å². The minimum atomic E-state index is -0.0820. The largest absolute Gasteiger partial charge is 0.460 e. The number of morpholine rings is 1. The summed E-state index contributed by atoms with van der Waals surface area (Å²) in [5.74, 6) is 3.04. The standard InChI is InChI=1S/C29H46N2O3/c1-20(32)34-27-26(31-12-4-5-13-31)18-25-23-9-7-21-6-8-22(30-14-16-33-17-15-30)19-29(21,3)24(23)10-11-28(25,27)2/h8,21,23-27H,4-7,9-19H2,1-3H3/t21-,23?,24?,25?,26+,27+,28+,29+/m1/s1. The van der Waals surface area contributed by atoms with E-state index in [1.165, 1.54) is 70.9 Å². The SMILES string of the molecule is CC(=O)O[C@H]1[C@@H](N2CCCC2)CC2C3CC[C@H]4CC=C(N5CCOCC5)C[C@]4(C)C3CC[C@@]21C. The Kier molecular flexibility index (Phi) is 6.04. The summed E-state index contributed by atoms with van der Waals surface area (Å²) in [5.41, 5.74) is 2.16. The van der Waals surface area contributed by atoms with E-state index in [-0.39, 0.29) is 17.5 Å². The van der Waals surface area contributed by atoms with E-state index in [4.69, 9.17) is 9.47 Å². The van der Waals surface area contributed by atoms with Gasteiger partial charge in [0, 0.05) is 37.2 Å². The van der Waals surface area contributed by atoms with E-state index in [0.717, 1.165) is 44.1 Å². The fourth-order valence-electron chi connectivity index (χ4n) is 9.80. The molecule has 2 aliphatic heterocycles. The van der Waals surface area contributed by atoms with Gasteiger partial charge in [-0.05, 0) is 100.0 Å². The number of nitrogens with zero attached hydrogens (tertiary/aromatic N) is 2. The van der Waals surface area contributed by atoms with Crippen LogP contribution in [0, 0.1) is 34.5 Å². The number of fused-ring (bicyclic) bond motifs is 5. The van der Waals surface area contributed by atoms with Gasteiger partial charge < -0.3 is 14.4 Å². The van der Waals surface area contributed by atoms with E-state index in [2.05, 4.69) is 29.7 Å². The molecule has 2 heterocycles. The van der Waals surface area contributed by atoms with E-state index < -0.39 is 0 Å². The van der Waals surface area contributed by atoms with Gasteiger partial charge in [0.1, 0.15) is 6.10 Å². The van der Waals surface area contributed by atoms with Crippen LogP contribution in [0.25, 0.3) is 0 Å². The molecule has 2 saturated heterocycles. The molecule has 0 aromatic heterocycles. The third kappa shape index (κ3) is 3.67. The molecule has 0 N–H and O–H groups in total. The van der Waals surface area contributed by atoms with Crippen molar-refractivity contribution >= 4 is 5.97 Å². The highest BCUT2D eigenvalue weighted by Crippen LogP contribution is 2.67. The van der Waals surface area contributed by atoms with Crippen molar-refractivity contribution < 1.29 is 14.3 Å². The van der Waals surface area contributed by atoms with E-state index in [0.29, 0.717) is 17.4 Å². The second-order valence-electron chi connectivity index (χ2n) is 13.0. The van der Waals surface area contributed by atoms with Gasteiger partial charge in [-0.1, -0.05) is 19.9 Å². The van der Waals surface area contributed by atoms with Crippen molar-refractivity contribution in [2.45, 2.75) is 90.7 Å². The predicted molar refractivity (Wildman–Crippen MR) is 133 cm³/mol. The molecule has 0 aromatic carbocycles. The average molecular weight is 471 g/mol. The zero-order valence-corrected chi connectivity index (χ0v) is 21.8. The van der Waals surface area contributed by atoms with Crippen LogP contribution in [0.4, 0.5) is 0 Å². The van der Waals surface area contributed by atoms with Crippen LogP contribution in [0.3, 0.4) is 0 Å². The van der Waals surface area contributed by atoms with Gasteiger partial charge in [0.15, 0.2) is 0 Å². The van der Waals surface area contributed by atoms with Crippen LogP contribution in [0.1, 0.15) is 78.6 Å². The molecule has 5 nitrogen and oxygen atoms in total. The highest BCUT2D eigenvalue weighted by Gasteiger charge is 2.64. The van der Waals surface area contributed by atoms with Crippen LogP contribution in [-0.4, -0.2) is 67.3 Å². The number of hydrogen-bond acceptors (Lipinski definition) is 5. The maximum Gasteiger partial charge on any atom is 0.302 e. The molecular formula is C29H46N2O3. The maximum absolute atomic E-state index is 12.2. The molecule has 3 saturated carbocycles. The summed E-state index contributed by atoms with van der Waals surface area (Å²) in [6.45, 7) is 13.0. The number of carbonyl (C=O) groups excluding carboxylic acids is 1. The van der Waals surface area contributed by atoms with E-state index >= 15 is 0 Å². The van der Waals surface area contributed by atoms with Crippen LogP contribution in [-0.2, 0) is 14.3 Å². The molecule has 6 aliphatic rings. The van der Waals surface area contributed by atoms with Crippen LogP contribution in [0.15, 0.2) is 11.8 Å². The molecule has 4 aliphatic carbocycles. The van der Waals surface area contributed by atoms with Crippen LogP contribution in [0.5, 0.6) is 0 Å². The summed E-state index contributed by atoms with van der Waals surface area (Å²) in [6, 6.07) is 0.431. The van der Waals surface area contributed by atoms with Gasteiger partial charge in [0.2, 0.25) is 0 Å². The number of likely N-dealkylation sites (tertiary alicyclic amines) is 1. The first kappa shape index (κ1) is 23.3. The second-order valence-corrected chi connectivity index (χ2v) is 13.0. The maximum atomic E-state index is 12.2. The minimum Gasteiger partial charge on any atom is -0.460 e. The Bertz CT molecular complexity index is 816. The van der Waals surface area contributed by atoms with Crippen molar-refractivity contribution in [3.05, 3.63) is 11.8 Å². The number of carbonyl (C=O) groups is 1. The molecule has 34 heavy (non-hydrogen) atoms. The molecule has 6 rings (SSSR count). The summed E-state index contributed by atoms with van der Waals surface area (Å²) in [4.78, 5) is 17.5. The van der Waals surface area contributed by atoms with Crippen LogP contribution in [0.2, 0.25) is 0 Å². The Morgan fingerprint density at radius 2 is 1.79 bits per heavy atom. The van der Waals surface area contributed by atoms with Crippen molar-refractivity contribution in [3.8, 4) is 0 Å². The highest BCUT2D eigenvalue weighted by atomic mass is 16.5. The number of rotatable bonds is 3. The van der Waals surface area contributed by atoms with Crippen molar-refractivity contribution in [1.29, 1.82) is 0 Å². The van der Waals surface area contributed by atoms with E-state index in [1.54, 1.807) is 12.6 Å². The number of hydrogen-bond donors (Lipinski definition) is 0. The monoisotopic (exact) mass is 470 g/mol. The topological polar surface area (TPSA) is 42.0 Å². The van der Waals surface area contributed by atoms with Crippen molar-refractivity contribution in [3.63, 3.8) is 0 Å². The number of allylic oxidation sites excluding steroid dienone is 2. The first-order valence-electron chi connectivity index (χ1n) is 14.3. The number of ether oxygens (including phenoxy) is 2. The van der Waals surface area contributed by atoms with E-state index in [9.17, 15) is 4.79 Å². The highest BCUT2D eigenvalue weighted by molar-refractivity contribution is 5.66. The summed E-state index contributed by atoms with van der Waals surface area (Å²) in [7, 11) is 0. The van der Waals surface area contributed by atoms with Crippen molar-refractivity contribution in [2.24, 2.45) is 34.5 Å². The van der Waals surface area contributed by atoms with Crippen molar-refractivity contribution in [2.75, 3.05) is 39.4 Å².